The molecule has 1 saturated carbocycles. The minimum Gasteiger partial charge on any atom is -0.292 e. The first-order valence-corrected chi connectivity index (χ1v) is 9.10. The molecule has 2 fully saturated rings. The van der Waals surface area contributed by atoms with E-state index in [0.29, 0.717) is 12.0 Å². The number of urea groups is 1. The minimum absolute atomic E-state index is 0.166. The molecular formula is C20H24N2O4. The number of aryl methyl sites for hydroxylation is 2. The second-order valence-electron chi connectivity index (χ2n) is 7.42. The van der Waals surface area contributed by atoms with E-state index >= 15 is 0 Å². The van der Waals surface area contributed by atoms with E-state index in [-0.39, 0.29) is 17.7 Å². The third-order valence-electron chi connectivity index (χ3n) is 5.48. The van der Waals surface area contributed by atoms with Crippen LogP contribution >= 0.6 is 0 Å². The molecule has 6 nitrogen and oxygen atoms in total. The lowest BCUT2D eigenvalue weighted by Crippen LogP contribution is -2.46. The number of benzene rings is 1. The highest BCUT2D eigenvalue weighted by Crippen LogP contribution is 2.31. The average molecular weight is 356 g/mol. The van der Waals surface area contributed by atoms with Gasteiger partial charge in [-0.25, -0.2) is 9.69 Å². The Bertz CT molecular complexity index is 786. The molecule has 4 amide bonds. The second kappa shape index (κ2) is 7.02. The van der Waals surface area contributed by atoms with Crippen LogP contribution in [-0.4, -0.2) is 46.0 Å². The van der Waals surface area contributed by atoms with Crippen LogP contribution in [0, 0.1) is 19.8 Å². The summed E-state index contributed by atoms with van der Waals surface area (Å²) in [6.45, 7) is 5.28. The molecule has 0 bridgehead atoms. The first-order valence-electron chi connectivity index (χ1n) is 9.10. The number of carbonyl (C=O) groups excluding carboxylic acids is 4. The van der Waals surface area contributed by atoms with Crippen molar-refractivity contribution < 1.29 is 19.2 Å². The maximum atomic E-state index is 12.7. The zero-order valence-electron chi connectivity index (χ0n) is 15.4. The van der Waals surface area contributed by atoms with Crippen molar-refractivity contribution in [2.24, 2.45) is 5.92 Å². The predicted molar refractivity (Wildman–Crippen MR) is 95.6 cm³/mol. The largest absolute Gasteiger partial charge is 0.334 e. The Morgan fingerprint density at radius 3 is 2.46 bits per heavy atom. The average Bonchev–Trinajstić information content (AvgIpc) is 2.81. The molecule has 1 aromatic carbocycles. The van der Waals surface area contributed by atoms with Crippen LogP contribution in [0.5, 0.6) is 0 Å². The van der Waals surface area contributed by atoms with Crippen molar-refractivity contribution in [2.45, 2.75) is 52.5 Å². The van der Waals surface area contributed by atoms with Crippen molar-refractivity contribution in [2.75, 3.05) is 6.54 Å². The summed E-state index contributed by atoms with van der Waals surface area (Å²) in [5.74, 6) is -1.87. The highest BCUT2D eigenvalue weighted by Gasteiger charge is 2.49. The number of rotatable bonds is 4. The molecular weight excluding hydrogens is 332 g/mol. The van der Waals surface area contributed by atoms with Gasteiger partial charge in [-0.1, -0.05) is 37.5 Å². The minimum atomic E-state index is -0.897. The van der Waals surface area contributed by atoms with Gasteiger partial charge in [0.2, 0.25) is 0 Å². The maximum absolute atomic E-state index is 12.7. The quantitative estimate of drug-likeness (QED) is 0.472. The van der Waals surface area contributed by atoms with E-state index in [1.165, 1.54) is 0 Å². The Hall–Kier alpha value is -2.50. The molecule has 26 heavy (non-hydrogen) atoms. The highest BCUT2D eigenvalue weighted by atomic mass is 16.2. The molecule has 138 valence electrons. The van der Waals surface area contributed by atoms with Crippen molar-refractivity contribution in [1.29, 1.82) is 0 Å². The first-order chi connectivity index (χ1) is 12.3. The third kappa shape index (κ3) is 3.16. The summed E-state index contributed by atoms with van der Waals surface area (Å²) in [5.41, 5.74) is 2.18. The number of nitrogens with zero attached hydrogens (tertiary/aromatic N) is 2. The van der Waals surface area contributed by atoms with Crippen LogP contribution in [0.2, 0.25) is 0 Å². The van der Waals surface area contributed by atoms with E-state index in [9.17, 15) is 19.2 Å². The van der Waals surface area contributed by atoms with Crippen molar-refractivity contribution in [3.05, 3.63) is 34.9 Å². The third-order valence-corrected chi connectivity index (χ3v) is 5.48. The molecule has 6 heteroatoms. The van der Waals surface area contributed by atoms with E-state index < -0.39 is 24.4 Å². The summed E-state index contributed by atoms with van der Waals surface area (Å²) in [7, 11) is 0. The van der Waals surface area contributed by atoms with E-state index in [4.69, 9.17) is 0 Å². The summed E-state index contributed by atoms with van der Waals surface area (Å²) in [6, 6.07) is 4.56. The summed E-state index contributed by atoms with van der Waals surface area (Å²) < 4.78 is 0. The molecule has 1 aliphatic heterocycles. The topological polar surface area (TPSA) is 74.8 Å². The predicted octanol–water partition coefficient (Wildman–Crippen LogP) is 2.86. The van der Waals surface area contributed by atoms with Crippen LogP contribution in [0.3, 0.4) is 0 Å². The molecule has 0 N–H and O–H groups in total. The molecule has 0 aromatic heterocycles. The van der Waals surface area contributed by atoms with Gasteiger partial charge in [0.15, 0.2) is 5.78 Å². The smallest absolute Gasteiger partial charge is 0.292 e. The van der Waals surface area contributed by atoms with Crippen LogP contribution in [0.1, 0.15) is 54.1 Å². The lowest BCUT2D eigenvalue weighted by Gasteiger charge is -2.34. The number of amides is 4. The SMILES string of the molecule is Cc1ccc(C)c(C(=O)CN2C(=O)C(=O)N([C@@H]3CCCC[C@H]3C)C2=O)c1. The van der Waals surface area contributed by atoms with Crippen molar-refractivity contribution in [1.82, 2.24) is 9.80 Å². The van der Waals surface area contributed by atoms with Crippen LogP contribution in [0.4, 0.5) is 4.79 Å². The molecule has 2 aliphatic rings. The highest BCUT2D eigenvalue weighted by molar-refractivity contribution is 6.45. The normalized spacial score (nSPS) is 23.7. The van der Waals surface area contributed by atoms with E-state index in [2.05, 4.69) is 0 Å². The number of imide groups is 2. The van der Waals surface area contributed by atoms with E-state index in [0.717, 1.165) is 40.2 Å². The molecule has 2 atom stereocenters. The van der Waals surface area contributed by atoms with Crippen molar-refractivity contribution >= 4 is 23.6 Å². The zero-order valence-corrected chi connectivity index (χ0v) is 15.4. The number of Topliss-reactive ketones (excluding diaryl/α,β-unsaturated/α-hetero) is 1. The summed E-state index contributed by atoms with van der Waals surface area (Å²) >= 11 is 0. The molecule has 3 rings (SSSR count). The van der Waals surface area contributed by atoms with E-state index in [1.807, 2.05) is 32.9 Å². The first kappa shape index (κ1) is 18.3. The van der Waals surface area contributed by atoms with Crippen LogP contribution < -0.4 is 0 Å². The van der Waals surface area contributed by atoms with Gasteiger partial charge in [-0.2, -0.15) is 0 Å². The maximum Gasteiger partial charge on any atom is 0.334 e. The van der Waals surface area contributed by atoms with Gasteiger partial charge >= 0.3 is 17.8 Å². The Morgan fingerprint density at radius 2 is 1.77 bits per heavy atom. The van der Waals surface area contributed by atoms with Gasteiger partial charge < -0.3 is 0 Å². The number of hydrogen-bond donors (Lipinski definition) is 0. The van der Waals surface area contributed by atoms with Crippen LogP contribution in [0.15, 0.2) is 18.2 Å². The number of carbonyl (C=O) groups is 4. The fourth-order valence-corrected chi connectivity index (χ4v) is 3.90. The van der Waals surface area contributed by atoms with Gasteiger partial charge in [0.05, 0.1) is 6.54 Å². The molecule has 1 aromatic rings. The summed E-state index contributed by atoms with van der Waals surface area (Å²) in [6.07, 6.45) is 3.64. The Balaban J connectivity index is 1.81. The summed E-state index contributed by atoms with van der Waals surface area (Å²) in [4.78, 5) is 52.0. The van der Waals surface area contributed by atoms with Gasteiger partial charge in [-0.15, -0.1) is 0 Å². The monoisotopic (exact) mass is 356 g/mol. The molecule has 1 saturated heterocycles. The molecule has 0 spiro atoms. The van der Waals surface area contributed by atoms with Gasteiger partial charge in [0.25, 0.3) is 0 Å². The number of hydrogen-bond acceptors (Lipinski definition) is 4. The lowest BCUT2D eigenvalue weighted by atomic mass is 9.85. The van der Waals surface area contributed by atoms with Crippen molar-refractivity contribution in [3.63, 3.8) is 0 Å². The zero-order chi connectivity index (χ0) is 19.0. The molecule has 0 radical (unpaired) electrons. The van der Waals surface area contributed by atoms with Crippen LogP contribution in [-0.2, 0) is 9.59 Å². The second-order valence-corrected chi connectivity index (χ2v) is 7.42. The van der Waals surface area contributed by atoms with Crippen LogP contribution in [0.25, 0.3) is 0 Å². The Labute approximate surface area is 153 Å². The van der Waals surface area contributed by atoms with Gasteiger partial charge in [-0.05, 0) is 44.2 Å². The summed E-state index contributed by atoms with van der Waals surface area (Å²) in [5, 5.41) is 0. The lowest BCUT2D eigenvalue weighted by molar-refractivity contribution is -0.144. The Kier molecular flexibility index (Phi) is 4.94. The molecule has 1 heterocycles. The van der Waals surface area contributed by atoms with Gasteiger partial charge in [0, 0.05) is 11.6 Å². The van der Waals surface area contributed by atoms with Crippen molar-refractivity contribution in [3.8, 4) is 0 Å². The molecule has 0 unspecified atom stereocenters. The number of ketones is 1. The van der Waals surface area contributed by atoms with Gasteiger partial charge in [0.1, 0.15) is 0 Å². The van der Waals surface area contributed by atoms with Gasteiger partial charge in [-0.3, -0.25) is 19.3 Å². The fourth-order valence-electron chi connectivity index (χ4n) is 3.90. The molecule has 1 aliphatic carbocycles. The Morgan fingerprint density at radius 1 is 1.08 bits per heavy atom. The standard InChI is InChI=1S/C20H24N2O4/c1-12-8-9-13(2)15(10-12)17(23)11-21-18(24)19(25)22(20(21)26)16-7-5-4-6-14(16)3/h8-10,14,16H,4-7,11H2,1-3H3/t14-,16-/m1/s1. The fraction of sp³-hybridized carbons (Fsp3) is 0.500. The van der Waals surface area contributed by atoms with E-state index in [1.54, 1.807) is 6.07 Å².